The molecule has 0 aliphatic carbocycles. The summed E-state index contributed by atoms with van der Waals surface area (Å²) in [6, 6.07) is 0. The number of amides is 1. The van der Waals surface area contributed by atoms with Gasteiger partial charge in [0.1, 0.15) is 6.10 Å². The van der Waals surface area contributed by atoms with Crippen molar-refractivity contribution < 1.29 is 24.5 Å². The van der Waals surface area contributed by atoms with Crippen LogP contribution in [0.15, 0.2) is 0 Å². The number of aliphatic hydroxyl groups excluding tert-OH is 2. The van der Waals surface area contributed by atoms with Crippen LogP contribution in [0.3, 0.4) is 0 Å². The zero-order chi connectivity index (χ0) is 15.4. The van der Waals surface area contributed by atoms with Gasteiger partial charge in [-0.3, -0.25) is 4.79 Å². The highest BCUT2D eigenvalue weighted by Crippen LogP contribution is 2.04. The van der Waals surface area contributed by atoms with Crippen LogP contribution in [0.2, 0.25) is 0 Å². The minimum atomic E-state index is -1.03. The number of aliphatic hydroxyl groups is 2. The molecule has 1 saturated heterocycles. The lowest BCUT2D eigenvalue weighted by molar-refractivity contribution is -0.152. The number of rotatable bonds is 7. The average Bonchev–Trinajstić information content (AvgIpc) is 2.78. The molecule has 20 heavy (non-hydrogen) atoms. The van der Waals surface area contributed by atoms with E-state index < -0.39 is 12.1 Å². The van der Waals surface area contributed by atoms with Crippen molar-refractivity contribution in [1.82, 2.24) is 4.90 Å². The Bertz CT molecular complexity index is 281. The van der Waals surface area contributed by atoms with Crippen molar-refractivity contribution in [2.24, 2.45) is 0 Å². The lowest BCUT2D eigenvalue weighted by atomic mass is 10.2. The van der Waals surface area contributed by atoms with Crippen molar-refractivity contribution in [2.45, 2.75) is 51.6 Å². The van der Waals surface area contributed by atoms with Crippen molar-refractivity contribution in [2.75, 3.05) is 26.8 Å². The van der Waals surface area contributed by atoms with Crippen LogP contribution in [0, 0.1) is 0 Å². The molecule has 6 nitrogen and oxygen atoms in total. The van der Waals surface area contributed by atoms with Gasteiger partial charge < -0.3 is 19.8 Å². The molecular formula is C14H27NO5. The fraction of sp³-hybridized carbons (Fsp3) is 0.857. The standard InChI is InChI=1S/C9H18O4.C5H9NO/c1-8(11)9(12)13-7-5-3-2-4-6-10;1-6-4-2-3-5(6)7/h8,10-11H,2-7H2,1H3;2-4H2,1H3. The lowest BCUT2D eigenvalue weighted by Crippen LogP contribution is -2.19. The average molecular weight is 289 g/mol. The van der Waals surface area contributed by atoms with Gasteiger partial charge >= 0.3 is 5.97 Å². The lowest BCUT2D eigenvalue weighted by Gasteiger charge is -2.05. The van der Waals surface area contributed by atoms with Gasteiger partial charge in [0, 0.05) is 26.6 Å². The van der Waals surface area contributed by atoms with Crippen molar-refractivity contribution in [3.63, 3.8) is 0 Å². The summed E-state index contributed by atoms with van der Waals surface area (Å²) in [6.07, 6.45) is 4.25. The number of hydrogen-bond donors (Lipinski definition) is 2. The molecule has 1 unspecified atom stereocenters. The van der Waals surface area contributed by atoms with Gasteiger partial charge in [0.25, 0.3) is 0 Å². The van der Waals surface area contributed by atoms with Crippen molar-refractivity contribution in [3.05, 3.63) is 0 Å². The van der Waals surface area contributed by atoms with E-state index >= 15 is 0 Å². The van der Waals surface area contributed by atoms with Crippen LogP contribution in [0.25, 0.3) is 0 Å². The maximum Gasteiger partial charge on any atom is 0.334 e. The zero-order valence-electron chi connectivity index (χ0n) is 12.5. The molecule has 2 N–H and O–H groups in total. The minimum absolute atomic E-state index is 0.216. The van der Waals surface area contributed by atoms with E-state index in [4.69, 9.17) is 14.9 Å². The molecule has 118 valence electrons. The smallest absolute Gasteiger partial charge is 0.334 e. The van der Waals surface area contributed by atoms with Crippen LogP contribution < -0.4 is 0 Å². The molecule has 0 bridgehead atoms. The van der Waals surface area contributed by atoms with E-state index in [1.54, 1.807) is 4.90 Å². The Morgan fingerprint density at radius 1 is 1.35 bits per heavy atom. The van der Waals surface area contributed by atoms with E-state index in [0.29, 0.717) is 12.5 Å². The quantitative estimate of drug-likeness (QED) is 0.532. The molecule has 0 radical (unpaired) electrons. The van der Waals surface area contributed by atoms with Gasteiger partial charge in [0.05, 0.1) is 6.61 Å². The molecular weight excluding hydrogens is 262 g/mol. The maximum absolute atomic E-state index is 10.7. The SMILES string of the molecule is CC(O)C(=O)OCCCCCCO.CN1CCCC1=O. The highest BCUT2D eigenvalue weighted by atomic mass is 16.5. The molecule has 1 atom stereocenters. The van der Waals surface area contributed by atoms with Crippen LogP contribution in [0.5, 0.6) is 0 Å². The molecule has 1 amide bonds. The van der Waals surface area contributed by atoms with E-state index in [1.165, 1.54) is 6.92 Å². The molecule has 0 aromatic rings. The Morgan fingerprint density at radius 2 is 2.00 bits per heavy atom. The summed E-state index contributed by atoms with van der Waals surface area (Å²) in [5, 5.41) is 17.2. The predicted molar refractivity (Wildman–Crippen MR) is 75.1 cm³/mol. The Labute approximate surface area is 120 Å². The number of nitrogens with zero attached hydrogens (tertiary/aromatic N) is 1. The first kappa shape index (κ1) is 18.9. The van der Waals surface area contributed by atoms with Crippen molar-refractivity contribution in [3.8, 4) is 0 Å². The predicted octanol–water partition coefficient (Wildman–Crippen LogP) is 0.702. The third kappa shape index (κ3) is 9.75. The van der Waals surface area contributed by atoms with Crippen LogP contribution in [0.1, 0.15) is 45.4 Å². The topological polar surface area (TPSA) is 87.1 Å². The summed E-state index contributed by atoms with van der Waals surface area (Å²) in [5.41, 5.74) is 0. The van der Waals surface area contributed by atoms with Crippen molar-refractivity contribution >= 4 is 11.9 Å². The number of hydrogen-bond acceptors (Lipinski definition) is 5. The first-order valence-electron chi connectivity index (χ1n) is 7.18. The first-order chi connectivity index (χ1) is 9.49. The van der Waals surface area contributed by atoms with E-state index in [-0.39, 0.29) is 6.61 Å². The molecule has 1 rings (SSSR count). The number of carbonyl (C=O) groups excluding carboxylic acids is 2. The second kappa shape index (κ2) is 11.7. The maximum atomic E-state index is 10.7. The molecule has 0 spiro atoms. The summed E-state index contributed by atoms with van der Waals surface area (Å²) in [7, 11) is 1.84. The monoisotopic (exact) mass is 289 g/mol. The molecule has 6 heteroatoms. The number of likely N-dealkylation sites (tertiary alicyclic amines) is 1. The number of unbranched alkanes of at least 4 members (excludes halogenated alkanes) is 3. The van der Waals surface area contributed by atoms with Gasteiger partial charge in [-0.05, 0) is 32.6 Å². The van der Waals surface area contributed by atoms with Crippen LogP contribution in [-0.4, -0.2) is 59.9 Å². The zero-order valence-corrected chi connectivity index (χ0v) is 12.5. The fourth-order valence-electron chi connectivity index (χ4n) is 1.64. The molecule has 1 aliphatic rings. The van der Waals surface area contributed by atoms with Gasteiger partial charge in [-0.15, -0.1) is 0 Å². The normalized spacial score (nSPS) is 15.6. The molecule has 0 saturated carbocycles. The van der Waals surface area contributed by atoms with E-state index in [2.05, 4.69) is 0 Å². The van der Waals surface area contributed by atoms with Gasteiger partial charge in [0.15, 0.2) is 0 Å². The molecule has 1 heterocycles. The van der Waals surface area contributed by atoms with Gasteiger partial charge in [-0.2, -0.15) is 0 Å². The summed E-state index contributed by atoms with van der Waals surface area (Å²) in [4.78, 5) is 23.0. The summed E-state index contributed by atoms with van der Waals surface area (Å²) >= 11 is 0. The highest BCUT2D eigenvalue weighted by Gasteiger charge is 2.14. The summed E-state index contributed by atoms with van der Waals surface area (Å²) in [5.74, 6) is -0.276. The molecule has 1 fully saturated rings. The first-order valence-corrected chi connectivity index (χ1v) is 7.18. The fourth-order valence-corrected chi connectivity index (χ4v) is 1.64. The second-order valence-corrected chi connectivity index (χ2v) is 4.90. The van der Waals surface area contributed by atoms with Gasteiger partial charge in [-0.1, -0.05) is 6.42 Å². The summed E-state index contributed by atoms with van der Waals surface area (Å²) < 4.78 is 4.73. The minimum Gasteiger partial charge on any atom is -0.464 e. The van der Waals surface area contributed by atoms with Gasteiger partial charge in [0.2, 0.25) is 5.91 Å². The Morgan fingerprint density at radius 3 is 2.40 bits per heavy atom. The van der Waals surface area contributed by atoms with E-state index in [1.807, 2.05) is 7.05 Å². The highest BCUT2D eigenvalue weighted by molar-refractivity contribution is 5.77. The molecule has 1 aliphatic heterocycles. The number of carbonyl (C=O) groups is 2. The van der Waals surface area contributed by atoms with Crippen LogP contribution >= 0.6 is 0 Å². The molecule has 0 aromatic carbocycles. The van der Waals surface area contributed by atoms with Gasteiger partial charge in [-0.25, -0.2) is 4.79 Å². The number of esters is 1. The van der Waals surface area contributed by atoms with Crippen LogP contribution in [0.4, 0.5) is 0 Å². The van der Waals surface area contributed by atoms with E-state index in [9.17, 15) is 9.59 Å². The number of ether oxygens (including phenoxy) is 1. The third-order valence-electron chi connectivity index (χ3n) is 2.95. The Kier molecular flexibility index (Phi) is 11.0. The largest absolute Gasteiger partial charge is 0.464 e. The van der Waals surface area contributed by atoms with Crippen LogP contribution in [-0.2, 0) is 14.3 Å². The Hall–Kier alpha value is -1.14. The summed E-state index contributed by atoms with van der Waals surface area (Å²) in [6.45, 7) is 2.91. The third-order valence-corrected chi connectivity index (χ3v) is 2.95. The Balaban J connectivity index is 0.000000428. The molecule has 0 aromatic heterocycles. The van der Waals surface area contributed by atoms with E-state index in [0.717, 1.165) is 45.1 Å². The second-order valence-electron chi connectivity index (χ2n) is 4.90. The van der Waals surface area contributed by atoms with Crippen molar-refractivity contribution in [1.29, 1.82) is 0 Å².